The van der Waals surface area contributed by atoms with E-state index in [0.717, 1.165) is 23.5 Å². The van der Waals surface area contributed by atoms with Crippen LogP contribution >= 0.6 is 0 Å². The quantitative estimate of drug-likeness (QED) is 0.837. The van der Waals surface area contributed by atoms with Gasteiger partial charge in [0.2, 0.25) is 5.95 Å². The third-order valence-electron chi connectivity index (χ3n) is 4.90. The molecule has 1 aliphatic rings. The summed E-state index contributed by atoms with van der Waals surface area (Å²) in [5, 5.41) is 3.35. The van der Waals surface area contributed by atoms with Gasteiger partial charge in [-0.2, -0.15) is 4.98 Å². The standard InChI is InChI=1S/C19H26N4O2S/c1-4-15-8-6-7-14(3)18(15)22-19-20-11-9-17(21-19)23(5-2)16-10-12-26(24,25)13-16/h6-9,11,16H,4-5,10,12-13H2,1-3H3,(H,20,21,22). The molecule has 1 atom stereocenters. The van der Waals surface area contributed by atoms with Crippen molar-refractivity contribution in [1.29, 1.82) is 0 Å². The van der Waals surface area contributed by atoms with Crippen molar-refractivity contribution in [3.8, 4) is 0 Å². The Bertz CT molecular complexity index is 883. The molecule has 2 heterocycles. The van der Waals surface area contributed by atoms with Crippen LogP contribution in [0.15, 0.2) is 30.5 Å². The first-order valence-electron chi connectivity index (χ1n) is 9.09. The second-order valence-corrected chi connectivity index (χ2v) is 8.90. The van der Waals surface area contributed by atoms with Crippen LogP contribution in [0.3, 0.4) is 0 Å². The number of hydrogen-bond acceptors (Lipinski definition) is 6. The number of rotatable bonds is 6. The molecular weight excluding hydrogens is 348 g/mol. The SMILES string of the molecule is CCc1cccc(C)c1Nc1nccc(N(CC)C2CCS(=O)(=O)C2)n1. The normalized spacial score (nSPS) is 18.7. The molecule has 1 fully saturated rings. The number of sulfone groups is 1. The van der Waals surface area contributed by atoms with Crippen LogP contribution in [0, 0.1) is 6.92 Å². The zero-order valence-electron chi connectivity index (χ0n) is 15.6. The lowest BCUT2D eigenvalue weighted by atomic mass is 10.1. The summed E-state index contributed by atoms with van der Waals surface area (Å²) in [6.07, 6.45) is 3.30. The first kappa shape index (κ1) is 18.6. The Balaban J connectivity index is 1.86. The lowest BCUT2D eigenvalue weighted by molar-refractivity contribution is 0.599. The maximum Gasteiger partial charge on any atom is 0.229 e. The van der Waals surface area contributed by atoms with Crippen molar-refractivity contribution in [2.75, 3.05) is 28.3 Å². The van der Waals surface area contributed by atoms with E-state index in [1.165, 1.54) is 5.56 Å². The van der Waals surface area contributed by atoms with Gasteiger partial charge in [-0.25, -0.2) is 13.4 Å². The maximum atomic E-state index is 11.8. The van der Waals surface area contributed by atoms with Crippen LogP contribution < -0.4 is 10.2 Å². The summed E-state index contributed by atoms with van der Waals surface area (Å²) in [7, 11) is -2.93. The summed E-state index contributed by atoms with van der Waals surface area (Å²) in [5.41, 5.74) is 3.40. The molecule has 140 valence electrons. The molecule has 26 heavy (non-hydrogen) atoms. The van der Waals surface area contributed by atoms with Gasteiger partial charge < -0.3 is 10.2 Å². The van der Waals surface area contributed by atoms with Gasteiger partial charge in [-0.3, -0.25) is 0 Å². The van der Waals surface area contributed by atoms with E-state index in [4.69, 9.17) is 0 Å². The number of anilines is 3. The summed E-state index contributed by atoms with van der Waals surface area (Å²) in [5.74, 6) is 1.75. The highest BCUT2D eigenvalue weighted by Crippen LogP contribution is 2.26. The maximum absolute atomic E-state index is 11.8. The van der Waals surface area contributed by atoms with Crippen LogP contribution in [0.4, 0.5) is 17.5 Å². The second kappa shape index (κ2) is 7.61. The summed E-state index contributed by atoms with van der Waals surface area (Å²) in [4.78, 5) is 11.1. The van der Waals surface area contributed by atoms with Gasteiger partial charge in [-0.05, 0) is 43.9 Å². The van der Waals surface area contributed by atoms with Crippen LogP contribution in [-0.4, -0.2) is 42.5 Å². The number of aryl methyl sites for hydroxylation is 2. The molecule has 1 unspecified atom stereocenters. The molecule has 7 heteroatoms. The number of aromatic nitrogens is 2. The second-order valence-electron chi connectivity index (χ2n) is 6.67. The highest BCUT2D eigenvalue weighted by Gasteiger charge is 2.32. The molecule has 1 aromatic carbocycles. The molecule has 0 amide bonds. The number of para-hydroxylation sites is 1. The monoisotopic (exact) mass is 374 g/mol. The van der Waals surface area contributed by atoms with Crippen molar-refractivity contribution >= 4 is 27.3 Å². The molecule has 6 nitrogen and oxygen atoms in total. The van der Waals surface area contributed by atoms with Gasteiger partial charge >= 0.3 is 0 Å². The van der Waals surface area contributed by atoms with Crippen molar-refractivity contribution in [3.05, 3.63) is 41.6 Å². The Kier molecular flexibility index (Phi) is 5.46. The van der Waals surface area contributed by atoms with Crippen LogP contribution in [0.1, 0.15) is 31.4 Å². The van der Waals surface area contributed by atoms with Gasteiger partial charge in [-0.15, -0.1) is 0 Å². The highest BCUT2D eigenvalue weighted by atomic mass is 32.2. The fraction of sp³-hybridized carbons (Fsp3) is 0.474. The molecule has 1 N–H and O–H groups in total. The fourth-order valence-electron chi connectivity index (χ4n) is 3.51. The minimum absolute atomic E-state index is 0.0163. The first-order valence-corrected chi connectivity index (χ1v) is 10.9. The van der Waals surface area contributed by atoms with Gasteiger partial charge in [-0.1, -0.05) is 25.1 Å². The predicted octanol–water partition coefficient (Wildman–Crippen LogP) is 3.10. The molecule has 3 rings (SSSR count). The van der Waals surface area contributed by atoms with Crippen molar-refractivity contribution in [1.82, 2.24) is 9.97 Å². The summed E-state index contributed by atoms with van der Waals surface area (Å²) >= 11 is 0. The number of nitrogens with zero attached hydrogens (tertiary/aromatic N) is 3. The first-order chi connectivity index (χ1) is 12.4. The highest BCUT2D eigenvalue weighted by molar-refractivity contribution is 7.91. The molecule has 0 radical (unpaired) electrons. The zero-order chi connectivity index (χ0) is 18.7. The molecule has 0 spiro atoms. The van der Waals surface area contributed by atoms with Crippen LogP contribution in [-0.2, 0) is 16.3 Å². The van der Waals surface area contributed by atoms with E-state index in [1.807, 2.05) is 13.0 Å². The van der Waals surface area contributed by atoms with Gasteiger partial charge in [0, 0.05) is 24.5 Å². The smallest absolute Gasteiger partial charge is 0.229 e. The third-order valence-corrected chi connectivity index (χ3v) is 6.65. The minimum atomic E-state index is -2.93. The third kappa shape index (κ3) is 3.98. The Morgan fingerprint density at radius 1 is 1.27 bits per heavy atom. The van der Waals surface area contributed by atoms with Crippen LogP contribution in [0.25, 0.3) is 0 Å². The lowest BCUT2D eigenvalue weighted by Gasteiger charge is -2.28. The average molecular weight is 375 g/mol. The molecule has 1 aliphatic heterocycles. The average Bonchev–Trinajstić information content (AvgIpc) is 2.97. The summed E-state index contributed by atoms with van der Waals surface area (Å²) in [6.45, 7) is 6.92. The molecule has 2 aromatic rings. The van der Waals surface area contributed by atoms with Crippen LogP contribution in [0.5, 0.6) is 0 Å². The fourth-order valence-corrected chi connectivity index (χ4v) is 5.24. The Hall–Kier alpha value is -2.15. The summed E-state index contributed by atoms with van der Waals surface area (Å²) < 4.78 is 23.7. The van der Waals surface area contributed by atoms with Gasteiger partial charge in [0.1, 0.15) is 5.82 Å². The van der Waals surface area contributed by atoms with E-state index >= 15 is 0 Å². The van der Waals surface area contributed by atoms with Crippen molar-refractivity contribution in [2.45, 2.75) is 39.7 Å². The molecule has 0 bridgehead atoms. The van der Waals surface area contributed by atoms with Gasteiger partial charge in [0.15, 0.2) is 9.84 Å². The van der Waals surface area contributed by atoms with Gasteiger partial charge in [0.25, 0.3) is 0 Å². The molecular formula is C19H26N4O2S. The van der Waals surface area contributed by atoms with Crippen LogP contribution in [0.2, 0.25) is 0 Å². The molecule has 1 aromatic heterocycles. The largest absolute Gasteiger partial charge is 0.353 e. The van der Waals surface area contributed by atoms with Crippen molar-refractivity contribution in [2.24, 2.45) is 0 Å². The van der Waals surface area contributed by atoms with Crippen molar-refractivity contribution < 1.29 is 8.42 Å². The van der Waals surface area contributed by atoms with E-state index < -0.39 is 9.84 Å². The van der Waals surface area contributed by atoms with E-state index in [-0.39, 0.29) is 17.5 Å². The van der Waals surface area contributed by atoms with E-state index in [1.54, 1.807) is 6.20 Å². The molecule has 0 saturated carbocycles. The van der Waals surface area contributed by atoms with E-state index in [9.17, 15) is 8.42 Å². The van der Waals surface area contributed by atoms with Crippen molar-refractivity contribution in [3.63, 3.8) is 0 Å². The number of hydrogen-bond donors (Lipinski definition) is 1. The Morgan fingerprint density at radius 2 is 2.08 bits per heavy atom. The molecule has 1 saturated heterocycles. The lowest BCUT2D eigenvalue weighted by Crippen LogP contribution is -2.36. The minimum Gasteiger partial charge on any atom is -0.353 e. The van der Waals surface area contributed by atoms with Gasteiger partial charge in [0.05, 0.1) is 11.5 Å². The predicted molar refractivity (Wildman–Crippen MR) is 106 cm³/mol. The number of nitrogens with one attached hydrogen (secondary N) is 1. The number of benzene rings is 1. The topological polar surface area (TPSA) is 75.2 Å². The Labute approximate surface area is 155 Å². The Morgan fingerprint density at radius 3 is 2.73 bits per heavy atom. The summed E-state index contributed by atoms with van der Waals surface area (Å²) in [6, 6.07) is 8.04. The zero-order valence-corrected chi connectivity index (χ0v) is 16.4. The molecule has 0 aliphatic carbocycles. The van der Waals surface area contributed by atoms with E-state index in [2.05, 4.69) is 52.2 Å². The van der Waals surface area contributed by atoms with E-state index in [0.29, 0.717) is 18.9 Å².